The number of alkyl halides is 3. The van der Waals surface area contributed by atoms with E-state index < -0.39 is 29.3 Å². The minimum Gasteiger partial charge on any atom is -0.444 e. The molecule has 5 nitrogen and oxygen atoms in total. The van der Waals surface area contributed by atoms with Gasteiger partial charge in [-0.2, -0.15) is 18.3 Å². The van der Waals surface area contributed by atoms with Crippen molar-refractivity contribution in [1.82, 2.24) is 9.78 Å². The van der Waals surface area contributed by atoms with Gasteiger partial charge >= 0.3 is 12.3 Å². The number of hydrogen-bond donors (Lipinski definition) is 1. The van der Waals surface area contributed by atoms with Crippen molar-refractivity contribution in [1.29, 1.82) is 0 Å². The van der Waals surface area contributed by atoms with E-state index in [0.717, 1.165) is 10.9 Å². The van der Waals surface area contributed by atoms with Gasteiger partial charge in [-0.15, -0.1) is 0 Å². The Labute approximate surface area is 102 Å². The number of nitrogens with zero attached hydrogens (tertiary/aromatic N) is 2. The molecule has 1 rings (SSSR count). The molecule has 18 heavy (non-hydrogen) atoms. The van der Waals surface area contributed by atoms with Gasteiger partial charge in [0.05, 0.1) is 5.69 Å². The van der Waals surface area contributed by atoms with Gasteiger partial charge in [-0.3, -0.25) is 10.00 Å². The van der Waals surface area contributed by atoms with E-state index in [9.17, 15) is 18.0 Å². The number of anilines is 1. The highest BCUT2D eigenvalue weighted by atomic mass is 19.4. The fraction of sp³-hybridized carbons (Fsp3) is 0.600. The summed E-state index contributed by atoms with van der Waals surface area (Å²) in [5, 5.41) is 5.28. The van der Waals surface area contributed by atoms with Crippen LogP contribution in [0.2, 0.25) is 0 Å². The minimum atomic E-state index is -4.63. The summed E-state index contributed by atoms with van der Waals surface area (Å²) >= 11 is 0. The van der Waals surface area contributed by atoms with E-state index in [2.05, 4.69) is 5.10 Å². The van der Waals surface area contributed by atoms with Crippen molar-refractivity contribution in [3.63, 3.8) is 0 Å². The topological polar surface area (TPSA) is 56.2 Å². The summed E-state index contributed by atoms with van der Waals surface area (Å²) < 4.78 is 43.6. The van der Waals surface area contributed by atoms with Crippen LogP contribution in [0.1, 0.15) is 26.5 Å². The van der Waals surface area contributed by atoms with Gasteiger partial charge in [-0.05, 0) is 20.8 Å². The van der Waals surface area contributed by atoms with Gasteiger partial charge in [0, 0.05) is 13.2 Å². The van der Waals surface area contributed by atoms with Gasteiger partial charge in [-0.1, -0.05) is 0 Å². The van der Waals surface area contributed by atoms with E-state index in [1.807, 2.05) is 5.32 Å². The van der Waals surface area contributed by atoms with Gasteiger partial charge in [0.2, 0.25) is 0 Å². The van der Waals surface area contributed by atoms with Crippen LogP contribution in [-0.2, 0) is 18.0 Å². The largest absolute Gasteiger partial charge is 0.444 e. The molecule has 1 aromatic heterocycles. The third-order valence-electron chi connectivity index (χ3n) is 1.73. The van der Waals surface area contributed by atoms with Crippen molar-refractivity contribution >= 4 is 11.8 Å². The van der Waals surface area contributed by atoms with Crippen LogP contribution >= 0.6 is 0 Å². The lowest BCUT2D eigenvalue weighted by Gasteiger charge is -2.19. The third-order valence-corrected chi connectivity index (χ3v) is 1.73. The molecular formula is C10H14F3N3O2. The Balaban J connectivity index is 2.89. The smallest absolute Gasteiger partial charge is 0.437 e. The summed E-state index contributed by atoms with van der Waals surface area (Å²) in [5.41, 5.74) is -2.37. The summed E-state index contributed by atoms with van der Waals surface area (Å²) in [7, 11) is 1.33. The van der Waals surface area contributed by atoms with Crippen LogP contribution in [0.15, 0.2) is 6.20 Å². The molecule has 0 saturated heterocycles. The standard InChI is InChI=1S/C10H14F3N3O2/c1-9(2,3)18-8(17)14-6-5-16(4)15-7(6)10(11,12)13/h5H,1-4H3,(H,14,17). The van der Waals surface area contributed by atoms with E-state index in [-0.39, 0.29) is 0 Å². The zero-order valence-electron chi connectivity index (χ0n) is 10.4. The molecule has 1 heterocycles. The summed E-state index contributed by atoms with van der Waals surface area (Å²) in [6, 6.07) is 0. The molecule has 0 radical (unpaired) electrons. The van der Waals surface area contributed by atoms with Crippen molar-refractivity contribution in [2.24, 2.45) is 7.05 Å². The van der Waals surface area contributed by atoms with Crippen LogP contribution in [0.4, 0.5) is 23.7 Å². The molecule has 0 fully saturated rings. The highest BCUT2D eigenvalue weighted by molar-refractivity contribution is 5.85. The average Bonchev–Trinajstić information content (AvgIpc) is 2.41. The first-order chi connectivity index (χ1) is 7.99. The van der Waals surface area contributed by atoms with Crippen LogP contribution < -0.4 is 5.32 Å². The second kappa shape index (κ2) is 4.51. The maximum Gasteiger partial charge on any atom is 0.437 e. The summed E-state index contributed by atoms with van der Waals surface area (Å²) in [6.45, 7) is 4.83. The highest BCUT2D eigenvalue weighted by Gasteiger charge is 2.37. The fourth-order valence-corrected chi connectivity index (χ4v) is 1.20. The highest BCUT2D eigenvalue weighted by Crippen LogP contribution is 2.33. The Hall–Kier alpha value is -1.73. The second-order valence-corrected chi connectivity index (χ2v) is 4.69. The average molecular weight is 265 g/mol. The number of aryl methyl sites for hydroxylation is 1. The Bertz CT molecular complexity index is 446. The van der Waals surface area contributed by atoms with Gasteiger partial charge in [0.15, 0.2) is 5.69 Å². The molecule has 0 unspecified atom stereocenters. The first-order valence-corrected chi connectivity index (χ1v) is 5.10. The lowest BCUT2D eigenvalue weighted by atomic mass is 10.2. The number of hydrogen-bond acceptors (Lipinski definition) is 3. The number of carbonyl (C=O) groups excluding carboxylic acids is 1. The normalized spacial score (nSPS) is 12.4. The molecule has 0 aliphatic heterocycles. The summed E-state index contributed by atoms with van der Waals surface area (Å²) in [6.07, 6.45) is -4.53. The monoisotopic (exact) mass is 265 g/mol. The maximum absolute atomic E-state index is 12.6. The van der Waals surface area contributed by atoms with Crippen LogP contribution in [0.3, 0.4) is 0 Å². The molecule has 1 aromatic rings. The van der Waals surface area contributed by atoms with Crippen LogP contribution in [-0.4, -0.2) is 21.5 Å². The Morgan fingerprint density at radius 3 is 2.39 bits per heavy atom. The van der Waals surface area contributed by atoms with E-state index in [1.165, 1.54) is 7.05 Å². The van der Waals surface area contributed by atoms with Crippen molar-refractivity contribution in [2.75, 3.05) is 5.32 Å². The molecule has 0 aliphatic carbocycles. The molecule has 0 aliphatic rings. The van der Waals surface area contributed by atoms with E-state index in [4.69, 9.17) is 4.74 Å². The number of carbonyl (C=O) groups is 1. The van der Waals surface area contributed by atoms with Gasteiger partial charge in [0.25, 0.3) is 0 Å². The Morgan fingerprint density at radius 1 is 1.39 bits per heavy atom. The molecule has 0 bridgehead atoms. The fourth-order valence-electron chi connectivity index (χ4n) is 1.20. The molecule has 0 atom stereocenters. The maximum atomic E-state index is 12.6. The molecule has 1 amide bonds. The Morgan fingerprint density at radius 2 is 1.94 bits per heavy atom. The third kappa shape index (κ3) is 3.94. The van der Waals surface area contributed by atoms with Crippen LogP contribution in [0.25, 0.3) is 0 Å². The number of rotatable bonds is 1. The lowest BCUT2D eigenvalue weighted by Crippen LogP contribution is -2.27. The minimum absolute atomic E-state index is 0.431. The molecule has 1 N–H and O–H groups in total. The molecule has 0 spiro atoms. The lowest BCUT2D eigenvalue weighted by molar-refractivity contribution is -0.140. The van der Waals surface area contributed by atoms with Gasteiger partial charge in [-0.25, -0.2) is 4.79 Å². The number of aromatic nitrogens is 2. The summed E-state index contributed by atoms with van der Waals surface area (Å²) in [5.74, 6) is 0. The molecule has 102 valence electrons. The molecular weight excluding hydrogens is 251 g/mol. The van der Waals surface area contributed by atoms with Crippen molar-refractivity contribution in [2.45, 2.75) is 32.5 Å². The predicted molar refractivity (Wildman–Crippen MR) is 58.1 cm³/mol. The second-order valence-electron chi connectivity index (χ2n) is 4.69. The first-order valence-electron chi connectivity index (χ1n) is 5.10. The first kappa shape index (κ1) is 14.3. The Kier molecular flexibility index (Phi) is 3.59. The number of halogens is 3. The van der Waals surface area contributed by atoms with Crippen molar-refractivity contribution in [3.8, 4) is 0 Å². The van der Waals surface area contributed by atoms with Gasteiger partial charge in [0.1, 0.15) is 5.60 Å². The van der Waals surface area contributed by atoms with Crippen LogP contribution in [0, 0.1) is 0 Å². The zero-order chi connectivity index (χ0) is 14.1. The summed E-state index contributed by atoms with van der Waals surface area (Å²) in [4.78, 5) is 11.4. The van der Waals surface area contributed by atoms with E-state index >= 15 is 0 Å². The van der Waals surface area contributed by atoms with E-state index in [0.29, 0.717) is 0 Å². The van der Waals surface area contributed by atoms with Gasteiger partial charge < -0.3 is 4.74 Å². The van der Waals surface area contributed by atoms with Crippen LogP contribution in [0.5, 0.6) is 0 Å². The SMILES string of the molecule is Cn1cc(NC(=O)OC(C)(C)C)c(C(F)(F)F)n1. The van der Waals surface area contributed by atoms with E-state index in [1.54, 1.807) is 20.8 Å². The molecule has 8 heteroatoms. The van der Waals surface area contributed by atoms with Crippen molar-refractivity contribution < 1.29 is 22.7 Å². The molecule has 0 saturated carbocycles. The number of amides is 1. The number of ether oxygens (including phenoxy) is 1. The zero-order valence-corrected chi connectivity index (χ0v) is 10.4. The quantitative estimate of drug-likeness (QED) is 0.849. The predicted octanol–water partition coefficient (Wildman–Crippen LogP) is 2.79. The van der Waals surface area contributed by atoms with Crippen molar-refractivity contribution in [3.05, 3.63) is 11.9 Å². The molecule has 0 aromatic carbocycles. The number of nitrogens with one attached hydrogen (secondary N) is 1.